The molecule has 0 radical (unpaired) electrons. The van der Waals surface area contributed by atoms with Crippen molar-refractivity contribution in [1.82, 2.24) is 0 Å². The molecule has 0 amide bonds. The molecular weight excluding hydrogens is 239 g/mol. The molecule has 18 valence electrons. The van der Waals surface area contributed by atoms with E-state index in [1.54, 1.807) is 0 Å². The van der Waals surface area contributed by atoms with Crippen LogP contribution in [0.25, 0.3) is 0 Å². The second kappa shape index (κ2) is 16.2. The molecule has 0 aromatic carbocycles. The van der Waals surface area contributed by atoms with E-state index in [4.69, 9.17) is 0 Å². The second-order valence-corrected chi connectivity index (χ2v) is 0. The molecule has 0 unspecified atom stereocenters. The fourth-order valence-corrected chi connectivity index (χ4v) is 0. The summed E-state index contributed by atoms with van der Waals surface area (Å²) in [6.45, 7) is 0. The molecule has 0 atom stereocenters. The van der Waals surface area contributed by atoms with Crippen LogP contribution in [0.5, 0.6) is 0 Å². The number of rotatable bonds is 0. The van der Waals surface area contributed by atoms with Crippen LogP contribution in [0, 0.1) is 41.7 Å². The van der Waals surface area contributed by atoms with E-state index in [-0.39, 0.29) is 104 Å². The molecule has 0 fully saturated rings. The summed E-state index contributed by atoms with van der Waals surface area (Å²) in [5, 5.41) is 0. The van der Waals surface area contributed by atoms with Crippen LogP contribution in [0.4, 0.5) is 0 Å². The fraction of sp³-hybridized carbons (Fsp3) is 0. The zero-order valence-electron chi connectivity index (χ0n) is 1.00. The van der Waals surface area contributed by atoms with Gasteiger partial charge in [-0.3, -0.25) is 0 Å². The Kier molecular flexibility index (Phi) is 106. The van der Waals surface area contributed by atoms with Crippen molar-refractivity contribution in [3.63, 3.8) is 0 Å². The first-order chi connectivity index (χ1) is 0. The maximum Gasteiger partial charge on any atom is 0.316 e. The van der Waals surface area contributed by atoms with E-state index in [0.29, 0.717) is 0 Å². The van der Waals surface area contributed by atoms with Crippen molar-refractivity contribution in [3.05, 3.63) is 0 Å². The van der Waals surface area contributed by atoms with Crippen molar-refractivity contribution in [1.29, 1.82) is 0 Å². The molecule has 0 saturated heterocycles. The Balaban J connectivity index is 0. The van der Waals surface area contributed by atoms with Gasteiger partial charge in [-0.15, -0.1) is 0 Å². The Morgan fingerprint density at radius 1 is 1.00 bits per heavy atom. The van der Waals surface area contributed by atoms with Gasteiger partial charge in [0.1, 0.15) is 0 Å². The van der Waals surface area contributed by atoms with Crippen molar-refractivity contribution in [2.75, 3.05) is 0 Å². The van der Waals surface area contributed by atoms with E-state index in [0.717, 1.165) is 0 Å². The van der Waals surface area contributed by atoms with E-state index in [2.05, 4.69) is 0 Å². The molecule has 0 nitrogen and oxygen atoms in total. The molecule has 0 spiro atoms. The average Bonchev–Trinajstić information content (AvgIpc) is 0. The van der Waals surface area contributed by atoms with E-state index in [1.165, 1.54) is 0 Å². The van der Waals surface area contributed by atoms with Gasteiger partial charge in [-0.1, -0.05) is 0 Å². The standard InChI is InChI=1S/Al.Ce.Mg.Ti.5H. The van der Waals surface area contributed by atoms with Crippen molar-refractivity contribution in [2.45, 2.75) is 0 Å². The molecule has 0 aromatic rings. The molecule has 0 aliphatic heterocycles. The maximum atomic E-state index is 0. The van der Waals surface area contributed by atoms with Crippen LogP contribution in [0.1, 0.15) is 0 Å². The molecule has 0 aliphatic rings. The minimum absolute atomic E-state index is 0. The molecule has 0 N–H and O–H groups in total. The van der Waals surface area contributed by atoms with Crippen LogP contribution in [0.15, 0.2) is 0 Å². The summed E-state index contributed by atoms with van der Waals surface area (Å²) in [5.74, 6) is 0. The normalized spacial score (nSPS) is 0. The van der Waals surface area contributed by atoms with Crippen LogP contribution in [0.2, 0.25) is 0 Å². The van der Waals surface area contributed by atoms with Gasteiger partial charge in [0.2, 0.25) is 0 Å². The van der Waals surface area contributed by atoms with Gasteiger partial charge in [-0.2, -0.15) is 0 Å². The van der Waals surface area contributed by atoms with Gasteiger partial charge in [0.05, 0.1) is 0 Å². The van der Waals surface area contributed by atoms with Gasteiger partial charge in [0.15, 0.2) is 17.4 Å². The van der Waals surface area contributed by atoms with Crippen molar-refractivity contribution < 1.29 is 63.5 Å². The Labute approximate surface area is 101 Å². The molecule has 0 aliphatic carbocycles. The van der Waals surface area contributed by atoms with Crippen molar-refractivity contribution in [2.24, 2.45) is 0 Å². The zero-order valence-corrected chi connectivity index (χ0v) is 5.70. The zero-order chi connectivity index (χ0) is 0. The Morgan fingerprint density at radius 3 is 1.00 bits per heavy atom. The van der Waals surface area contributed by atoms with Crippen LogP contribution in [-0.2, 0) is 21.7 Å². The largest absolute Gasteiger partial charge is 0.316 e. The summed E-state index contributed by atoms with van der Waals surface area (Å²) in [7, 11) is 0. The Hall–Kier alpha value is 3.39. The molecule has 0 saturated carbocycles. The molecular formula is H5AlCeMgTi. The smallest absolute Gasteiger partial charge is 0 e. The molecule has 4 heavy (non-hydrogen) atoms. The van der Waals surface area contributed by atoms with E-state index < -0.39 is 0 Å². The maximum absolute atomic E-state index is 0. The van der Waals surface area contributed by atoms with Gasteiger partial charge in [-0.05, 0) is 0 Å². The molecule has 0 bridgehead atoms. The fourth-order valence-electron chi connectivity index (χ4n) is 0. The molecule has 0 heterocycles. The SMILES string of the molecule is [AlH3].[Ce].[MgH2].[Ti]. The van der Waals surface area contributed by atoms with Crippen LogP contribution < -0.4 is 0 Å². The summed E-state index contributed by atoms with van der Waals surface area (Å²) in [6.07, 6.45) is 0. The first kappa shape index (κ1) is 26.3. The number of hydrogen-bond acceptors (Lipinski definition) is 0. The number of hydrogen-bond donors (Lipinski definition) is 0. The summed E-state index contributed by atoms with van der Waals surface area (Å²) >= 11 is 0. The monoisotopic (exact) mass is 244 g/mol. The van der Waals surface area contributed by atoms with Gasteiger partial charge < -0.3 is 0 Å². The quantitative estimate of drug-likeness (QED) is 0.428. The van der Waals surface area contributed by atoms with Crippen molar-refractivity contribution in [3.8, 4) is 0 Å². The Bertz CT molecular complexity index is 8.00. The molecule has 0 rings (SSSR count). The van der Waals surface area contributed by atoms with E-state index in [1.807, 2.05) is 0 Å². The second-order valence-electron chi connectivity index (χ2n) is 0. The third kappa shape index (κ3) is 9.04. The summed E-state index contributed by atoms with van der Waals surface area (Å²) in [6, 6.07) is 0. The first-order valence-electron chi connectivity index (χ1n) is 0. The summed E-state index contributed by atoms with van der Waals surface area (Å²) < 4.78 is 0. The minimum Gasteiger partial charge on any atom is 0 e. The average molecular weight is 244 g/mol. The van der Waals surface area contributed by atoms with Crippen LogP contribution in [-0.4, -0.2) is 40.4 Å². The third-order valence-corrected chi connectivity index (χ3v) is 0. The van der Waals surface area contributed by atoms with E-state index >= 15 is 0 Å². The predicted molar refractivity (Wildman–Crippen MR) is 18.5 cm³/mol. The minimum atomic E-state index is 0. The third-order valence-electron chi connectivity index (χ3n) is 0. The predicted octanol–water partition coefficient (Wildman–Crippen LogP) is -2.10. The summed E-state index contributed by atoms with van der Waals surface area (Å²) in [4.78, 5) is 0. The van der Waals surface area contributed by atoms with Crippen LogP contribution >= 0.6 is 0 Å². The van der Waals surface area contributed by atoms with Gasteiger partial charge in [0.25, 0.3) is 0 Å². The Morgan fingerprint density at radius 2 is 1.00 bits per heavy atom. The van der Waals surface area contributed by atoms with Crippen molar-refractivity contribution >= 4 is 40.4 Å². The molecule has 0 aromatic heterocycles. The van der Waals surface area contributed by atoms with E-state index in [9.17, 15) is 0 Å². The van der Waals surface area contributed by atoms with Gasteiger partial charge in [0, 0.05) is 63.5 Å². The first-order valence-corrected chi connectivity index (χ1v) is 0. The van der Waals surface area contributed by atoms with Crippen LogP contribution in [0.3, 0.4) is 0 Å². The van der Waals surface area contributed by atoms with Gasteiger partial charge >= 0.3 is 23.1 Å². The summed E-state index contributed by atoms with van der Waals surface area (Å²) in [5.41, 5.74) is 0. The topological polar surface area (TPSA) is 0 Å². The molecule has 4 heteroatoms. The van der Waals surface area contributed by atoms with Gasteiger partial charge in [-0.25, -0.2) is 0 Å².